The first-order chi connectivity index (χ1) is 8.08. The minimum atomic E-state index is 0.256. The fourth-order valence-corrected chi connectivity index (χ4v) is 2.59. The molecule has 1 aliphatic heterocycles. The Bertz CT molecular complexity index is 389. The van der Waals surface area contributed by atoms with Gasteiger partial charge in [0.15, 0.2) is 10.3 Å². The van der Waals surface area contributed by atoms with Gasteiger partial charge in [-0.3, -0.25) is 0 Å². The van der Waals surface area contributed by atoms with Gasteiger partial charge in [0.05, 0.1) is 5.69 Å². The molecule has 1 fully saturated rings. The number of nitrogens with two attached hydrogens (primary N) is 1. The molecule has 6 heteroatoms. The van der Waals surface area contributed by atoms with E-state index in [2.05, 4.69) is 22.0 Å². The lowest BCUT2D eigenvalue weighted by atomic mass is 9.91. The number of hydrogen-bond donors (Lipinski definition) is 1. The summed E-state index contributed by atoms with van der Waals surface area (Å²) in [4.78, 5) is 2.20. The smallest absolute Gasteiger partial charge is 0.175 e. The molecule has 0 amide bonds. The summed E-state index contributed by atoms with van der Waals surface area (Å²) in [6.45, 7) is 3.94. The van der Waals surface area contributed by atoms with Crippen molar-refractivity contribution in [2.45, 2.75) is 25.8 Å². The first-order valence-electron chi connectivity index (χ1n) is 5.77. The topological polar surface area (TPSA) is 55.0 Å². The van der Waals surface area contributed by atoms with E-state index >= 15 is 0 Å². The quantitative estimate of drug-likeness (QED) is 0.900. The summed E-state index contributed by atoms with van der Waals surface area (Å²) in [5, 5.41) is 8.32. The molecular weight excluding hydrogens is 259 g/mol. The van der Waals surface area contributed by atoms with Crippen LogP contribution >= 0.6 is 23.2 Å². The van der Waals surface area contributed by atoms with E-state index in [1.165, 1.54) is 0 Å². The maximum absolute atomic E-state index is 6.03. The Morgan fingerprint density at radius 1 is 1.35 bits per heavy atom. The second kappa shape index (κ2) is 5.38. The predicted molar refractivity (Wildman–Crippen MR) is 70.6 cm³/mol. The molecule has 0 radical (unpaired) electrons. The minimum Gasteiger partial charge on any atom is -0.369 e. The molecule has 2 rings (SSSR count). The number of piperidine rings is 1. The van der Waals surface area contributed by atoms with E-state index in [1.54, 1.807) is 6.07 Å². The lowest BCUT2D eigenvalue weighted by Gasteiger charge is -2.35. The first-order valence-corrected chi connectivity index (χ1v) is 6.53. The number of hydrogen-bond acceptors (Lipinski definition) is 4. The van der Waals surface area contributed by atoms with Crippen molar-refractivity contribution < 1.29 is 0 Å². The molecule has 0 saturated carbocycles. The third kappa shape index (κ3) is 3.00. The van der Waals surface area contributed by atoms with Crippen LogP contribution < -0.4 is 10.6 Å². The van der Waals surface area contributed by atoms with Gasteiger partial charge in [-0.05, 0) is 25.7 Å². The number of aromatic nitrogens is 2. The Hall–Kier alpha value is -0.580. The van der Waals surface area contributed by atoms with Crippen molar-refractivity contribution in [3.8, 4) is 0 Å². The van der Waals surface area contributed by atoms with E-state index < -0.39 is 0 Å². The average molecular weight is 275 g/mol. The van der Waals surface area contributed by atoms with Gasteiger partial charge < -0.3 is 10.6 Å². The number of rotatable bonds is 2. The lowest BCUT2D eigenvalue weighted by molar-refractivity contribution is 0.354. The molecule has 1 aromatic heterocycles. The van der Waals surface area contributed by atoms with Crippen molar-refractivity contribution in [2.24, 2.45) is 11.7 Å². The van der Waals surface area contributed by atoms with E-state index in [1.807, 2.05) is 0 Å². The highest BCUT2D eigenvalue weighted by Crippen LogP contribution is 2.29. The van der Waals surface area contributed by atoms with Crippen molar-refractivity contribution in [1.29, 1.82) is 0 Å². The van der Waals surface area contributed by atoms with Gasteiger partial charge in [0, 0.05) is 25.2 Å². The highest BCUT2D eigenvalue weighted by Gasteiger charge is 2.23. The van der Waals surface area contributed by atoms with Crippen molar-refractivity contribution in [2.75, 3.05) is 18.0 Å². The molecule has 2 heterocycles. The molecule has 2 N–H and O–H groups in total. The van der Waals surface area contributed by atoms with Crippen LogP contribution in [0.2, 0.25) is 10.3 Å². The molecule has 94 valence electrons. The molecule has 0 aliphatic carbocycles. The van der Waals surface area contributed by atoms with E-state index in [9.17, 15) is 0 Å². The SMILES string of the molecule is CC(N)C1CCN(c2cc(Cl)nnc2Cl)CC1. The van der Waals surface area contributed by atoms with Crippen LogP contribution in [0, 0.1) is 5.92 Å². The summed E-state index contributed by atoms with van der Waals surface area (Å²) in [6.07, 6.45) is 2.15. The van der Waals surface area contributed by atoms with Gasteiger partial charge in [-0.25, -0.2) is 0 Å². The highest BCUT2D eigenvalue weighted by molar-refractivity contribution is 6.33. The third-order valence-corrected chi connectivity index (χ3v) is 3.78. The Labute approximate surface area is 111 Å². The molecule has 0 aromatic carbocycles. The molecule has 1 atom stereocenters. The van der Waals surface area contributed by atoms with Crippen LogP contribution in [-0.2, 0) is 0 Å². The summed E-state index contributed by atoms with van der Waals surface area (Å²) in [6, 6.07) is 2.02. The first kappa shape index (κ1) is 12.9. The Morgan fingerprint density at radius 3 is 2.59 bits per heavy atom. The maximum Gasteiger partial charge on any atom is 0.175 e. The molecule has 0 spiro atoms. The fraction of sp³-hybridized carbons (Fsp3) is 0.636. The van der Waals surface area contributed by atoms with Crippen LogP contribution in [0.4, 0.5) is 5.69 Å². The van der Waals surface area contributed by atoms with Crippen LogP contribution in [0.25, 0.3) is 0 Å². The minimum absolute atomic E-state index is 0.256. The van der Waals surface area contributed by atoms with Crippen molar-refractivity contribution in [1.82, 2.24) is 10.2 Å². The Balaban J connectivity index is 2.07. The van der Waals surface area contributed by atoms with E-state index in [0.29, 0.717) is 16.2 Å². The largest absolute Gasteiger partial charge is 0.369 e. The molecule has 0 bridgehead atoms. The third-order valence-electron chi connectivity index (χ3n) is 3.32. The van der Waals surface area contributed by atoms with E-state index in [-0.39, 0.29) is 6.04 Å². The van der Waals surface area contributed by atoms with Gasteiger partial charge in [-0.1, -0.05) is 23.2 Å². The molecule has 1 aliphatic rings. The van der Waals surface area contributed by atoms with Crippen molar-refractivity contribution in [3.63, 3.8) is 0 Å². The molecule has 1 unspecified atom stereocenters. The average Bonchev–Trinajstić information content (AvgIpc) is 2.32. The molecule has 17 heavy (non-hydrogen) atoms. The van der Waals surface area contributed by atoms with Crippen LogP contribution in [0.1, 0.15) is 19.8 Å². The fourth-order valence-electron chi connectivity index (χ4n) is 2.23. The summed E-state index contributed by atoms with van der Waals surface area (Å²) in [7, 11) is 0. The number of nitrogens with zero attached hydrogens (tertiary/aromatic N) is 3. The van der Waals surface area contributed by atoms with Crippen molar-refractivity contribution in [3.05, 3.63) is 16.4 Å². The van der Waals surface area contributed by atoms with Crippen molar-refractivity contribution >= 4 is 28.9 Å². The monoisotopic (exact) mass is 274 g/mol. The maximum atomic E-state index is 6.03. The van der Waals surface area contributed by atoms with Gasteiger partial charge >= 0.3 is 0 Å². The van der Waals surface area contributed by atoms with Gasteiger partial charge in [0.1, 0.15) is 0 Å². The summed E-state index contributed by atoms with van der Waals surface area (Å²) in [5.41, 5.74) is 6.79. The second-order valence-electron chi connectivity index (χ2n) is 4.53. The Kier molecular flexibility index (Phi) is 4.07. The van der Waals surface area contributed by atoms with Crippen LogP contribution in [0.15, 0.2) is 6.07 Å². The van der Waals surface area contributed by atoms with Gasteiger partial charge in [0.25, 0.3) is 0 Å². The zero-order valence-corrected chi connectivity index (χ0v) is 11.2. The van der Waals surface area contributed by atoms with E-state index in [0.717, 1.165) is 31.6 Å². The molecule has 1 saturated heterocycles. The van der Waals surface area contributed by atoms with Gasteiger partial charge in [0.2, 0.25) is 0 Å². The summed E-state index contributed by atoms with van der Waals surface area (Å²) >= 11 is 11.9. The Morgan fingerprint density at radius 2 is 2.00 bits per heavy atom. The standard InChI is InChI=1S/C11H16Cl2N4/c1-7(14)8-2-4-17(5-3-8)9-6-10(12)15-16-11(9)13/h6-8H,2-5,14H2,1H3. The van der Waals surface area contributed by atoms with Gasteiger partial charge in [-0.2, -0.15) is 0 Å². The van der Waals surface area contributed by atoms with Crippen LogP contribution in [0.5, 0.6) is 0 Å². The van der Waals surface area contributed by atoms with Crippen LogP contribution in [-0.4, -0.2) is 29.3 Å². The summed E-state index contributed by atoms with van der Waals surface area (Å²) in [5.74, 6) is 0.593. The summed E-state index contributed by atoms with van der Waals surface area (Å²) < 4.78 is 0. The lowest BCUT2D eigenvalue weighted by Crippen LogP contribution is -2.39. The number of halogens is 2. The van der Waals surface area contributed by atoms with Gasteiger partial charge in [-0.15, -0.1) is 10.2 Å². The molecule has 4 nitrogen and oxygen atoms in total. The number of anilines is 1. The zero-order valence-electron chi connectivity index (χ0n) is 9.74. The van der Waals surface area contributed by atoms with E-state index in [4.69, 9.17) is 28.9 Å². The molecule has 1 aromatic rings. The predicted octanol–water partition coefficient (Wildman–Crippen LogP) is 2.35. The highest BCUT2D eigenvalue weighted by atomic mass is 35.5. The van der Waals surface area contributed by atoms with Crippen LogP contribution in [0.3, 0.4) is 0 Å². The zero-order chi connectivity index (χ0) is 12.4. The second-order valence-corrected chi connectivity index (χ2v) is 5.27. The molecular formula is C11H16Cl2N4. The normalized spacial score (nSPS) is 19.4.